The van der Waals surface area contributed by atoms with Crippen LogP contribution in [0.4, 0.5) is 20.7 Å². The Hall–Kier alpha value is -4.45. The predicted octanol–water partition coefficient (Wildman–Crippen LogP) is 4.26. The second-order valence-electron chi connectivity index (χ2n) is 9.09. The average Bonchev–Trinajstić information content (AvgIpc) is 3.66. The van der Waals surface area contributed by atoms with Gasteiger partial charge in [0.1, 0.15) is 25.0 Å². The Morgan fingerprint density at radius 1 is 1.16 bits per heavy atom. The Labute approximate surface area is 217 Å². The third kappa shape index (κ3) is 4.90. The van der Waals surface area contributed by atoms with Crippen molar-refractivity contribution in [2.75, 3.05) is 30.7 Å². The van der Waals surface area contributed by atoms with Crippen LogP contribution < -0.4 is 19.7 Å². The number of carbonyl (C=O) groups is 1. The van der Waals surface area contributed by atoms with Gasteiger partial charge in [-0.25, -0.2) is 24.1 Å². The molecule has 11 nitrogen and oxygen atoms in total. The van der Waals surface area contributed by atoms with E-state index in [-0.39, 0.29) is 31.5 Å². The molecule has 0 aliphatic carbocycles. The van der Waals surface area contributed by atoms with Crippen LogP contribution in [0.1, 0.15) is 24.6 Å². The lowest BCUT2D eigenvalue weighted by molar-refractivity contribution is -0.0230. The zero-order chi connectivity index (χ0) is 26.1. The maximum absolute atomic E-state index is 13.6. The summed E-state index contributed by atoms with van der Waals surface area (Å²) in [4.78, 5) is 27.6. The van der Waals surface area contributed by atoms with Crippen LogP contribution in [-0.2, 0) is 16.0 Å². The van der Waals surface area contributed by atoms with E-state index < -0.39 is 6.09 Å². The SMILES string of the molecule is CN(Cc1cccc(F)c1)c1ncnc2c1ncn2[C@H]1CC[C@@H](COC(=O)Nc2ccc3c(c2)OCO3)O1. The standard InChI is InChI=1S/C26H25FN6O5/c1-32(11-16-3-2-4-17(27)9-16)24-23-25(29-13-28-24)33(14-30-23)22-8-6-19(38-22)12-35-26(34)31-18-5-7-20-21(10-18)37-15-36-20/h2-5,7,9-10,13-14,19,22H,6,8,11-12,15H2,1H3,(H,31,34)/t19-,22+/m0/s1. The highest BCUT2D eigenvalue weighted by atomic mass is 19.1. The second-order valence-corrected chi connectivity index (χ2v) is 9.09. The molecular formula is C26H25FN6O5. The summed E-state index contributed by atoms with van der Waals surface area (Å²) in [5, 5.41) is 2.69. The number of anilines is 2. The summed E-state index contributed by atoms with van der Waals surface area (Å²) < 4.78 is 37.6. The first kappa shape index (κ1) is 23.9. The first-order chi connectivity index (χ1) is 18.5. The molecule has 38 heavy (non-hydrogen) atoms. The number of halogens is 1. The Kier molecular flexibility index (Phi) is 6.38. The number of carbonyl (C=O) groups excluding carboxylic acids is 1. The van der Waals surface area contributed by atoms with Gasteiger partial charge >= 0.3 is 6.09 Å². The largest absolute Gasteiger partial charge is 0.454 e. The van der Waals surface area contributed by atoms with E-state index in [0.717, 1.165) is 5.56 Å². The molecule has 1 saturated heterocycles. The Morgan fingerprint density at radius 3 is 2.95 bits per heavy atom. The molecule has 2 aromatic carbocycles. The van der Waals surface area contributed by atoms with E-state index in [4.69, 9.17) is 18.9 Å². The highest BCUT2D eigenvalue weighted by molar-refractivity contribution is 5.85. The molecule has 0 bridgehead atoms. The predicted molar refractivity (Wildman–Crippen MR) is 135 cm³/mol. The fourth-order valence-corrected chi connectivity index (χ4v) is 4.62. The lowest BCUT2D eigenvalue weighted by Gasteiger charge is -2.19. The average molecular weight is 521 g/mol. The molecule has 1 fully saturated rings. The van der Waals surface area contributed by atoms with Gasteiger partial charge in [-0.15, -0.1) is 0 Å². The molecule has 6 rings (SSSR count). The lowest BCUT2D eigenvalue weighted by Crippen LogP contribution is -2.22. The van der Waals surface area contributed by atoms with E-state index in [9.17, 15) is 9.18 Å². The summed E-state index contributed by atoms with van der Waals surface area (Å²) in [5.74, 6) is 1.56. The first-order valence-electron chi connectivity index (χ1n) is 12.2. The van der Waals surface area contributed by atoms with Crippen molar-refractivity contribution in [3.05, 3.63) is 66.5 Å². The molecule has 2 atom stereocenters. The maximum atomic E-state index is 13.6. The van der Waals surface area contributed by atoms with Gasteiger partial charge in [0.25, 0.3) is 0 Å². The molecule has 0 unspecified atom stereocenters. The fourth-order valence-electron chi connectivity index (χ4n) is 4.62. The van der Waals surface area contributed by atoms with Crippen molar-refractivity contribution in [1.29, 1.82) is 0 Å². The summed E-state index contributed by atoms with van der Waals surface area (Å²) >= 11 is 0. The van der Waals surface area contributed by atoms with Crippen molar-refractivity contribution in [2.24, 2.45) is 0 Å². The second kappa shape index (κ2) is 10.1. The molecule has 4 heterocycles. The number of aromatic nitrogens is 4. The van der Waals surface area contributed by atoms with Gasteiger partial charge in [0.15, 0.2) is 28.5 Å². The van der Waals surface area contributed by atoms with Gasteiger partial charge in [0, 0.05) is 25.3 Å². The third-order valence-corrected chi connectivity index (χ3v) is 6.42. The highest BCUT2D eigenvalue weighted by Gasteiger charge is 2.29. The molecule has 2 aromatic heterocycles. The van der Waals surface area contributed by atoms with Gasteiger partial charge in [-0.05, 0) is 42.7 Å². The number of hydrogen-bond acceptors (Lipinski definition) is 9. The van der Waals surface area contributed by atoms with E-state index in [1.165, 1.54) is 18.5 Å². The van der Waals surface area contributed by atoms with Crippen molar-refractivity contribution >= 4 is 28.8 Å². The lowest BCUT2D eigenvalue weighted by atomic mass is 10.2. The van der Waals surface area contributed by atoms with Crippen molar-refractivity contribution in [1.82, 2.24) is 19.5 Å². The quantitative estimate of drug-likeness (QED) is 0.382. The number of hydrogen-bond donors (Lipinski definition) is 1. The minimum atomic E-state index is -0.581. The zero-order valence-electron chi connectivity index (χ0n) is 20.5. The summed E-state index contributed by atoms with van der Waals surface area (Å²) in [6, 6.07) is 11.6. The maximum Gasteiger partial charge on any atom is 0.411 e. The monoisotopic (exact) mass is 520 g/mol. The van der Waals surface area contributed by atoms with Crippen LogP contribution >= 0.6 is 0 Å². The number of nitrogens with zero attached hydrogens (tertiary/aromatic N) is 5. The Balaban J connectivity index is 1.07. The van der Waals surface area contributed by atoms with Crippen molar-refractivity contribution in [2.45, 2.75) is 31.7 Å². The molecule has 1 N–H and O–H groups in total. The Morgan fingerprint density at radius 2 is 2.05 bits per heavy atom. The van der Waals surface area contributed by atoms with Gasteiger partial charge in [-0.2, -0.15) is 0 Å². The summed E-state index contributed by atoms with van der Waals surface area (Å²) in [6.45, 7) is 0.731. The van der Waals surface area contributed by atoms with Gasteiger partial charge in [-0.3, -0.25) is 9.88 Å². The summed E-state index contributed by atoms with van der Waals surface area (Å²) in [5.41, 5.74) is 2.63. The third-order valence-electron chi connectivity index (χ3n) is 6.42. The van der Waals surface area contributed by atoms with Crippen LogP contribution in [0.25, 0.3) is 11.2 Å². The molecule has 2 aliphatic rings. The summed E-state index contributed by atoms with van der Waals surface area (Å²) in [6.07, 6.45) is 3.43. The van der Waals surface area contributed by atoms with Gasteiger partial charge < -0.3 is 23.8 Å². The van der Waals surface area contributed by atoms with Crippen molar-refractivity contribution < 1.29 is 28.1 Å². The topological polar surface area (TPSA) is 113 Å². The smallest absolute Gasteiger partial charge is 0.411 e. The summed E-state index contributed by atoms with van der Waals surface area (Å²) in [7, 11) is 1.87. The number of nitrogens with one attached hydrogen (secondary N) is 1. The van der Waals surface area contributed by atoms with Gasteiger partial charge in [0.2, 0.25) is 6.79 Å². The highest BCUT2D eigenvalue weighted by Crippen LogP contribution is 2.35. The molecular weight excluding hydrogens is 495 g/mol. The number of imidazole rings is 1. The molecule has 4 aromatic rings. The normalized spacial score (nSPS) is 18.1. The molecule has 0 radical (unpaired) electrons. The minimum Gasteiger partial charge on any atom is -0.454 e. The van der Waals surface area contributed by atoms with Crippen LogP contribution in [0.5, 0.6) is 11.5 Å². The van der Waals surface area contributed by atoms with Crippen LogP contribution in [0, 0.1) is 5.82 Å². The molecule has 196 valence electrons. The van der Waals surface area contributed by atoms with E-state index in [1.807, 2.05) is 22.6 Å². The molecule has 0 spiro atoms. The van der Waals surface area contributed by atoms with Crippen molar-refractivity contribution in [3.63, 3.8) is 0 Å². The van der Waals surface area contributed by atoms with Crippen LogP contribution in [-0.4, -0.2) is 52.2 Å². The molecule has 12 heteroatoms. The minimum absolute atomic E-state index is 0.107. The number of rotatable bonds is 7. The van der Waals surface area contributed by atoms with Crippen LogP contribution in [0.3, 0.4) is 0 Å². The van der Waals surface area contributed by atoms with E-state index in [0.29, 0.717) is 53.6 Å². The number of ether oxygens (including phenoxy) is 4. The molecule has 1 amide bonds. The van der Waals surface area contributed by atoms with Gasteiger partial charge in [-0.1, -0.05) is 12.1 Å². The number of amides is 1. The number of fused-ring (bicyclic) bond motifs is 2. The van der Waals surface area contributed by atoms with E-state index >= 15 is 0 Å². The van der Waals surface area contributed by atoms with E-state index in [2.05, 4.69) is 20.3 Å². The fraction of sp³-hybridized carbons (Fsp3) is 0.308. The molecule has 2 aliphatic heterocycles. The van der Waals surface area contributed by atoms with Crippen LogP contribution in [0.15, 0.2) is 55.1 Å². The van der Waals surface area contributed by atoms with Gasteiger partial charge in [0.05, 0.1) is 12.4 Å². The first-order valence-corrected chi connectivity index (χ1v) is 12.2. The molecule has 0 saturated carbocycles. The number of benzene rings is 2. The van der Waals surface area contributed by atoms with Crippen molar-refractivity contribution in [3.8, 4) is 11.5 Å². The Bertz CT molecular complexity index is 1480. The van der Waals surface area contributed by atoms with E-state index in [1.54, 1.807) is 30.6 Å². The van der Waals surface area contributed by atoms with Crippen LogP contribution in [0.2, 0.25) is 0 Å². The zero-order valence-corrected chi connectivity index (χ0v) is 20.5.